The fourth-order valence-corrected chi connectivity index (χ4v) is 5.70. The van der Waals surface area contributed by atoms with E-state index >= 15 is 0 Å². The van der Waals surface area contributed by atoms with Crippen LogP contribution in [0, 0.1) is 17.8 Å². The minimum Gasteiger partial charge on any atom is -0.487 e. The average Bonchev–Trinajstić information content (AvgIpc) is 2.84. The van der Waals surface area contributed by atoms with E-state index in [-0.39, 0.29) is 48.6 Å². The van der Waals surface area contributed by atoms with Gasteiger partial charge >= 0.3 is 0 Å². The van der Waals surface area contributed by atoms with Crippen LogP contribution in [0.5, 0.6) is 5.75 Å². The van der Waals surface area contributed by atoms with Gasteiger partial charge in [-0.05, 0) is 44.2 Å². The first-order chi connectivity index (χ1) is 17.0. The van der Waals surface area contributed by atoms with Gasteiger partial charge in [0.1, 0.15) is 22.9 Å². The Kier molecular flexibility index (Phi) is 9.08. The van der Waals surface area contributed by atoms with Gasteiger partial charge in [0.2, 0.25) is 15.9 Å². The van der Waals surface area contributed by atoms with Gasteiger partial charge in [0.25, 0.3) is 0 Å². The first kappa shape index (κ1) is 27.6. The van der Waals surface area contributed by atoms with Gasteiger partial charge in [-0.3, -0.25) is 9.78 Å². The molecule has 1 amide bonds. The van der Waals surface area contributed by atoms with Crippen LogP contribution in [0.2, 0.25) is 0 Å². The smallest absolute Gasteiger partial charge is 0.247 e. The van der Waals surface area contributed by atoms with Crippen LogP contribution in [0.4, 0.5) is 0 Å². The summed E-state index contributed by atoms with van der Waals surface area (Å²) in [6, 6.07) is 9.25. The minimum atomic E-state index is -3.98. The Balaban J connectivity index is 1.96. The number of carbonyl (C=O) groups excluding carboxylic acids is 1. The maximum atomic E-state index is 13.5. The number of likely N-dealkylation sites (N-methyl/N-ethyl adjacent to an activating group) is 1. The van der Waals surface area contributed by atoms with E-state index in [4.69, 9.17) is 4.74 Å². The molecule has 194 valence electrons. The van der Waals surface area contributed by atoms with Crippen molar-refractivity contribution in [2.75, 3.05) is 26.7 Å². The standard InChI is InChI=1S/C26H33N3O6S/c1-18-15-29(19(2)17-30)36(33,34)25-11-10-21(9-8-20(3)31)13-23(25)35-24(18)16-28(4)26(32)14-22-7-5-6-12-27-22/h5-7,10-13,18-20,24,30-31H,14-17H2,1-4H3/t18-,19-,20-,24-/m1/s1. The zero-order valence-electron chi connectivity index (χ0n) is 21.0. The van der Waals surface area contributed by atoms with Gasteiger partial charge in [-0.2, -0.15) is 4.31 Å². The van der Waals surface area contributed by atoms with Crippen LogP contribution >= 0.6 is 0 Å². The Morgan fingerprint density at radius 3 is 2.69 bits per heavy atom. The molecule has 0 spiro atoms. The van der Waals surface area contributed by atoms with Crippen LogP contribution in [-0.2, 0) is 21.2 Å². The predicted octanol–water partition coefficient (Wildman–Crippen LogP) is 1.28. The maximum absolute atomic E-state index is 13.5. The van der Waals surface area contributed by atoms with Crippen LogP contribution in [0.15, 0.2) is 47.5 Å². The van der Waals surface area contributed by atoms with E-state index in [1.54, 1.807) is 43.3 Å². The van der Waals surface area contributed by atoms with E-state index in [0.29, 0.717) is 11.3 Å². The molecule has 2 N–H and O–H groups in total. The molecular weight excluding hydrogens is 482 g/mol. The minimum absolute atomic E-state index is 0.0373. The number of fused-ring (bicyclic) bond motifs is 1. The number of hydrogen-bond acceptors (Lipinski definition) is 7. The molecule has 4 atom stereocenters. The highest BCUT2D eigenvalue weighted by Crippen LogP contribution is 2.34. The van der Waals surface area contributed by atoms with Crippen LogP contribution in [0.3, 0.4) is 0 Å². The third kappa shape index (κ3) is 6.62. The molecule has 1 aromatic heterocycles. The lowest BCUT2D eigenvalue weighted by atomic mass is 10.0. The molecule has 10 heteroatoms. The molecule has 0 fully saturated rings. The second-order valence-electron chi connectivity index (χ2n) is 9.12. The summed E-state index contributed by atoms with van der Waals surface area (Å²) in [5, 5.41) is 19.3. The number of aromatic nitrogens is 1. The molecule has 2 aromatic rings. The molecule has 3 rings (SSSR count). The average molecular weight is 516 g/mol. The van der Waals surface area contributed by atoms with Crippen LogP contribution in [-0.4, -0.2) is 83.7 Å². The summed E-state index contributed by atoms with van der Waals surface area (Å²) in [7, 11) is -2.30. The van der Waals surface area contributed by atoms with Crippen molar-refractivity contribution in [2.24, 2.45) is 5.92 Å². The highest BCUT2D eigenvalue weighted by Gasteiger charge is 2.38. The van der Waals surface area contributed by atoms with Crippen molar-refractivity contribution in [3.8, 4) is 17.6 Å². The van der Waals surface area contributed by atoms with E-state index < -0.39 is 28.3 Å². The molecule has 0 saturated carbocycles. The Bertz CT molecular complexity index is 1220. The predicted molar refractivity (Wildman–Crippen MR) is 135 cm³/mol. The topological polar surface area (TPSA) is 120 Å². The van der Waals surface area contributed by atoms with Crippen LogP contribution in [0.25, 0.3) is 0 Å². The highest BCUT2D eigenvalue weighted by molar-refractivity contribution is 7.89. The van der Waals surface area contributed by atoms with Crippen LogP contribution in [0.1, 0.15) is 32.0 Å². The van der Waals surface area contributed by atoms with Crippen molar-refractivity contribution < 1.29 is 28.2 Å². The van der Waals surface area contributed by atoms with Crippen molar-refractivity contribution in [3.63, 3.8) is 0 Å². The highest BCUT2D eigenvalue weighted by atomic mass is 32.2. The Morgan fingerprint density at radius 1 is 1.31 bits per heavy atom. The van der Waals surface area contributed by atoms with Gasteiger partial charge in [0.05, 0.1) is 19.6 Å². The number of ether oxygens (including phenoxy) is 1. The number of carbonyl (C=O) groups is 1. The number of aliphatic hydroxyl groups is 2. The lowest BCUT2D eigenvalue weighted by Gasteiger charge is -2.37. The monoisotopic (exact) mass is 515 g/mol. The lowest BCUT2D eigenvalue weighted by molar-refractivity contribution is -0.130. The summed E-state index contributed by atoms with van der Waals surface area (Å²) in [6.07, 6.45) is 0.389. The van der Waals surface area contributed by atoms with E-state index in [9.17, 15) is 23.4 Å². The largest absolute Gasteiger partial charge is 0.487 e. The second-order valence-corrected chi connectivity index (χ2v) is 11.0. The molecule has 1 aromatic carbocycles. The zero-order valence-corrected chi connectivity index (χ0v) is 21.8. The van der Waals surface area contributed by atoms with Crippen molar-refractivity contribution >= 4 is 15.9 Å². The number of pyridine rings is 1. The van der Waals surface area contributed by atoms with Crippen molar-refractivity contribution in [2.45, 2.75) is 50.3 Å². The molecule has 0 aliphatic carbocycles. The molecule has 1 aliphatic heterocycles. The van der Waals surface area contributed by atoms with Crippen molar-refractivity contribution in [1.82, 2.24) is 14.2 Å². The molecule has 2 heterocycles. The van der Waals surface area contributed by atoms with E-state index in [1.807, 2.05) is 13.0 Å². The summed E-state index contributed by atoms with van der Waals surface area (Å²) in [5.74, 6) is 5.12. The van der Waals surface area contributed by atoms with E-state index in [0.717, 1.165) is 0 Å². The second kappa shape index (κ2) is 11.8. The molecular formula is C26H33N3O6S. The molecule has 1 aliphatic rings. The van der Waals surface area contributed by atoms with Gasteiger partial charge < -0.3 is 19.8 Å². The summed E-state index contributed by atoms with van der Waals surface area (Å²) in [6.45, 7) is 5.03. The number of hydrogen-bond donors (Lipinski definition) is 2. The Morgan fingerprint density at radius 2 is 2.06 bits per heavy atom. The number of aliphatic hydroxyl groups excluding tert-OH is 2. The van der Waals surface area contributed by atoms with Gasteiger partial charge in [-0.25, -0.2) is 8.42 Å². The quantitative estimate of drug-likeness (QED) is 0.556. The summed E-state index contributed by atoms with van der Waals surface area (Å²) in [4.78, 5) is 18.6. The third-order valence-electron chi connectivity index (χ3n) is 6.03. The molecule has 36 heavy (non-hydrogen) atoms. The van der Waals surface area contributed by atoms with Gasteiger partial charge in [-0.15, -0.1) is 0 Å². The summed E-state index contributed by atoms with van der Waals surface area (Å²) in [5.41, 5.74) is 1.14. The number of nitrogens with zero attached hydrogens (tertiary/aromatic N) is 3. The Hall–Kier alpha value is -2.97. The summed E-state index contributed by atoms with van der Waals surface area (Å²) < 4.78 is 34.6. The maximum Gasteiger partial charge on any atom is 0.247 e. The van der Waals surface area contributed by atoms with Crippen molar-refractivity contribution in [3.05, 3.63) is 53.9 Å². The van der Waals surface area contributed by atoms with Gasteiger partial charge in [0.15, 0.2) is 0 Å². The molecule has 0 bridgehead atoms. The number of amides is 1. The van der Waals surface area contributed by atoms with Crippen molar-refractivity contribution in [1.29, 1.82) is 0 Å². The summed E-state index contributed by atoms with van der Waals surface area (Å²) >= 11 is 0. The zero-order chi connectivity index (χ0) is 26.5. The van der Waals surface area contributed by atoms with Gasteiger partial charge in [0, 0.05) is 43.0 Å². The number of benzene rings is 1. The normalized spacial score (nSPS) is 20.9. The first-order valence-electron chi connectivity index (χ1n) is 11.8. The van der Waals surface area contributed by atoms with Crippen LogP contribution < -0.4 is 4.74 Å². The molecule has 9 nitrogen and oxygen atoms in total. The molecule has 0 radical (unpaired) electrons. The SMILES string of the molecule is C[C@@H]1CN([C@H](C)CO)S(=O)(=O)c2ccc(C#C[C@@H](C)O)cc2O[C@@H]1CN(C)C(=O)Cc1ccccn1. The molecule has 0 saturated heterocycles. The number of sulfonamides is 1. The lowest BCUT2D eigenvalue weighted by Crippen LogP contribution is -2.50. The van der Waals surface area contributed by atoms with E-state index in [1.165, 1.54) is 23.4 Å². The first-order valence-corrected chi connectivity index (χ1v) is 13.2. The van der Waals surface area contributed by atoms with E-state index in [2.05, 4.69) is 16.8 Å². The van der Waals surface area contributed by atoms with Gasteiger partial charge in [-0.1, -0.05) is 24.8 Å². The third-order valence-corrected chi connectivity index (χ3v) is 8.05. The fraction of sp³-hybridized carbons (Fsp3) is 0.462. The number of rotatable bonds is 6. The molecule has 0 unspecified atom stereocenters. The fourth-order valence-electron chi connectivity index (χ4n) is 3.87. The Labute approximate surface area is 212 Å².